The van der Waals surface area contributed by atoms with Crippen LogP contribution in [0.4, 0.5) is 5.82 Å². The van der Waals surface area contributed by atoms with Crippen LogP contribution in [-0.4, -0.2) is 40.8 Å². The van der Waals surface area contributed by atoms with Gasteiger partial charge >= 0.3 is 0 Å². The molecule has 0 saturated carbocycles. The van der Waals surface area contributed by atoms with Crippen molar-refractivity contribution in [1.82, 2.24) is 14.5 Å². The van der Waals surface area contributed by atoms with Crippen LogP contribution in [0.1, 0.15) is 0 Å². The minimum atomic E-state index is -0.163. The maximum atomic E-state index is 12.7. The predicted octanol–water partition coefficient (Wildman–Crippen LogP) is 2.27. The Hall–Kier alpha value is -2.44. The molecule has 1 aliphatic rings. The molecule has 2 aromatic heterocycles. The van der Waals surface area contributed by atoms with Crippen LogP contribution in [0.15, 0.2) is 47.7 Å². The summed E-state index contributed by atoms with van der Waals surface area (Å²) in [5.74, 6) is 0.881. The van der Waals surface area contributed by atoms with Crippen LogP contribution in [0.2, 0.25) is 5.02 Å². The first-order valence-corrected chi connectivity index (χ1v) is 8.07. The van der Waals surface area contributed by atoms with E-state index in [4.69, 9.17) is 16.3 Å². The Morgan fingerprint density at radius 3 is 2.67 bits per heavy atom. The molecule has 1 fully saturated rings. The zero-order valence-electron chi connectivity index (χ0n) is 12.9. The van der Waals surface area contributed by atoms with Crippen molar-refractivity contribution < 1.29 is 4.74 Å². The number of hydrogen-bond donors (Lipinski definition) is 0. The lowest BCUT2D eigenvalue weighted by atomic mass is 10.2. The fourth-order valence-electron chi connectivity index (χ4n) is 2.80. The highest BCUT2D eigenvalue weighted by atomic mass is 35.5. The van der Waals surface area contributed by atoms with Crippen molar-refractivity contribution >= 4 is 28.3 Å². The van der Waals surface area contributed by atoms with Crippen molar-refractivity contribution in [3.8, 4) is 5.69 Å². The quantitative estimate of drug-likeness (QED) is 0.715. The third-order valence-corrected chi connectivity index (χ3v) is 4.39. The molecular weight excluding hydrogens is 328 g/mol. The number of aromatic nitrogens is 3. The van der Waals surface area contributed by atoms with Gasteiger partial charge in [0, 0.05) is 13.1 Å². The van der Waals surface area contributed by atoms with Crippen LogP contribution in [0, 0.1) is 0 Å². The second-order valence-electron chi connectivity index (χ2n) is 5.53. The lowest BCUT2D eigenvalue weighted by Gasteiger charge is -2.27. The molecule has 1 aromatic carbocycles. The van der Waals surface area contributed by atoms with E-state index >= 15 is 0 Å². The fraction of sp³-hybridized carbons (Fsp3) is 0.235. The van der Waals surface area contributed by atoms with Crippen molar-refractivity contribution in [3.63, 3.8) is 0 Å². The highest BCUT2D eigenvalue weighted by Gasteiger charge is 2.13. The first kappa shape index (κ1) is 15.1. The summed E-state index contributed by atoms with van der Waals surface area (Å²) >= 11 is 6.10. The molecule has 0 N–H and O–H groups in total. The minimum Gasteiger partial charge on any atom is -0.378 e. The topological polar surface area (TPSA) is 60.2 Å². The summed E-state index contributed by atoms with van der Waals surface area (Å²) in [6.07, 6.45) is 3.17. The maximum absolute atomic E-state index is 12.7. The molecule has 122 valence electrons. The van der Waals surface area contributed by atoms with Gasteiger partial charge in [0.05, 0.1) is 41.0 Å². The SMILES string of the molecule is O=c1c2cccc(Cl)c2ncn1-c1ccc(N2CCOCC2)nc1. The number of fused-ring (bicyclic) bond motifs is 1. The number of rotatable bonds is 2. The van der Waals surface area contributed by atoms with E-state index in [-0.39, 0.29) is 5.56 Å². The summed E-state index contributed by atoms with van der Waals surface area (Å²) < 4.78 is 6.83. The van der Waals surface area contributed by atoms with E-state index in [2.05, 4.69) is 14.9 Å². The van der Waals surface area contributed by atoms with E-state index in [9.17, 15) is 4.79 Å². The zero-order valence-corrected chi connectivity index (χ0v) is 13.6. The van der Waals surface area contributed by atoms with Gasteiger partial charge in [0.1, 0.15) is 12.1 Å². The largest absolute Gasteiger partial charge is 0.378 e. The molecule has 7 heteroatoms. The van der Waals surface area contributed by atoms with Crippen molar-refractivity contribution in [3.05, 3.63) is 58.2 Å². The zero-order chi connectivity index (χ0) is 16.5. The Morgan fingerprint density at radius 2 is 1.92 bits per heavy atom. The predicted molar refractivity (Wildman–Crippen MR) is 93.2 cm³/mol. The molecule has 0 spiro atoms. The minimum absolute atomic E-state index is 0.163. The normalized spacial score (nSPS) is 15.0. The lowest BCUT2D eigenvalue weighted by Crippen LogP contribution is -2.36. The van der Waals surface area contributed by atoms with E-state index in [1.807, 2.05) is 12.1 Å². The molecule has 1 saturated heterocycles. The van der Waals surface area contributed by atoms with Crippen molar-refractivity contribution in [1.29, 1.82) is 0 Å². The van der Waals surface area contributed by atoms with Gasteiger partial charge in [0.2, 0.25) is 0 Å². The monoisotopic (exact) mass is 342 g/mol. The average Bonchev–Trinajstić information content (AvgIpc) is 2.64. The van der Waals surface area contributed by atoms with Gasteiger partial charge in [-0.05, 0) is 24.3 Å². The number of halogens is 1. The van der Waals surface area contributed by atoms with Crippen LogP contribution in [0.5, 0.6) is 0 Å². The molecule has 6 nitrogen and oxygen atoms in total. The maximum Gasteiger partial charge on any atom is 0.265 e. The van der Waals surface area contributed by atoms with Gasteiger partial charge in [0.25, 0.3) is 5.56 Å². The highest BCUT2D eigenvalue weighted by Crippen LogP contribution is 2.19. The Balaban J connectivity index is 1.72. The van der Waals surface area contributed by atoms with Gasteiger partial charge in [-0.25, -0.2) is 9.97 Å². The van der Waals surface area contributed by atoms with E-state index < -0.39 is 0 Å². The van der Waals surface area contributed by atoms with Crippen molar-refractivity contribution in [2.45, 2.75) is 0 Å². The van der Waals surface area contributed by atoms with Gasteiger partial charge in [-0.15, -0.1) is 0 Å². The van der Waals surface area contributed by atoms with Crippen molar-refractivity contribution in [2.75, 3.05) is 31.2 Å². The van der Waals surface area contributed by atoms with Crippen LogP contribution in [0.25, 0.3) is 16.6 Å². The summed E-state index contributed by atoms with van der Waals surface area (Å²) in [5.41, 5.74) is 1.02. The number of benzene rings is 1. The van der Waals surface area contributed by atoms with Crippen LogP contribution < -0.4 is 10.5 Å². The van der Waals surface area contributed by atoms with E-state index in [0.29, 0.717) is 34.8 Å². The molecule has 3 heterocycles. The van der Waals surface area contributed by atoms with E-state index in [1.54, 1.807) is 24.4 Å². The number of ether oxygens (including phenoxy) is 1. The summed E-state index contributed by atoms with van der Waals surface area (Å²) in [4.78, 5) is 23.6. The third-order valence-electron chi connectivity index (χ3n) is 4.08. The van der Waals surface area contributed by atoms with Gasteiger partial charge in [0.15, 0.2) is 0 Å². The molecule has 4 rings (SSSR count). The van der Waals surface area contributed by atoms with Gasteiger partial charge in [-0.2, -0.15) is 0 Å². The Bertz CT molecular complexity index is 933. The second kappa shape index (κ2) is 6.22. The third kappa shape index (κ3) is 2.64. The first-order valence-electron chi connectivity index (χ1n) is 7.69. The number of pyridine rings is 1. The summed E-state index contributed by atoms with van der Waals surface area (Å²) in [5, 5.41) is 0.958. The van der Waals surface area contributed by atoms with Gasteiger partial charge in [-0.3, -0.25) is 9.36 Å². The standard InChI is InChI=1S/C17H15ClN4O2/c18-14-3-1-2-13-16(14)20-11-22(17(13)23)12-4-5-15(19-10-12)21-6-8-24-9-7-21/h1-5,10-11H,6-9H2. The van der Waals surface area contributed by atoms with Crippen LogP contribution >= 0.6 is 11.6 Å². The number of anilines is 1. The number of hydrogen-bond acceptors (Lipinski definition) is 5. The molecule has 0 atom stereocenters. The summed E-state index contributed by atoms with van der Waals surface area (Å²) in [6, 6.07) is 8.98. The molecule has 0 unspecified atom stereocenters. The van der Waals surface area contributed by atoms with E-state index in [1.165, 1.54) is 10.9 Å². The number of nitrogens with zero attached hydrogens (tertiary/aromatic N) is 4. The number of morpholine rings is 1. The fourth-order valence-corrected chi connectivity index (χ4v) is 3.02. The highest BCUT2D eigenvalue weighted by molar-refractivity contribution is 6.34. The molecule has 3 aromatic rings. The Morgan fingerprint density at radius 1 is 1.08 bits per heavy atom. The first-order chi connectivity index (χ1) is 11.7. The molecular formula is C17H15ClN4O2. The summed E-state index contributed by atoms with van der Waals surface area (Å²) in [7, 11) is 0. The van der Waals surface area contributed by atoms with E-state index in [0.717, 1.165) is 18.9 Å². The van der Waals surface area contributed by atoms with Gasteiger partial charge < -0.3 is 9.64 Å². The average molecular weight is 343 g/mol. The van der Waals surface area contributed by atoms with Crippen molar-refractivity contribution in [2.24, 2.45) is 0 Å². The number of para-hydroxylation sites is 1. The smallest absolute Gasteiger partial charge is 0.265 e. The summed E-state index contributed by atoms with van der Waals surface area (Å²) in [6.45, 7) is 3.06. The molecule has 24 heavy (non-hydrogen) atoms. The Kier molecular flexibility index (Phi) is 3.92. The second-order valence-corrected chi connectivity index (χ2v) is 5.94. The Labute approximate surface area is 143 Å². The molecule has 0 bridgehead atoms. The molecule has 0 amide bonds. The lowest BCUT2D eigenvalue weighted by molar-refractivity contribution is 0.122. The molecule has 1 aliphatic heterocycles. The van der Waals surface area contributed by atoms with Gasteiger partial charge in [-0.1, -0.05) is 17.7 Å². The molecule has 0 aliphatic carbocycles. The van der Waals surface area contributed by atoms with Crippen LogP contribution in [-0.2, 0) is 4.74 Å². The molecule has 0 radical (unpaired) electrons. The van der Waals surface area contributed by atoms with Crippen LogP contribution in [0.3, 0.4) is 0 Å².